The summed E-state index contributed by atoms with van der Waals surface area (Å²) in [4.78, 5) is 31.4. The quantitative estimate of drug-likeness (QED) is 0.310. The maximum absolute atomic E-state index is 12.8. The fourth-order valence-electron chi connectivity index (χ4n) is 4.31. The van der Waals surface area contributed by atoms with Crippen LogP contribution in [0, 0.1) is 0 Å². The number of oxime groups is 1. The molecule has 2 aromatic heterocycles. The van der Waals surface area contributed by atoms with Crippen LogP contribution in [0.5, 0.6) is 5.88 Å². The van der Waals surface area contributed by atoms with E-state index in [1.165, 1.54) is 11.3 Å². The smallest absolute Gasteiger partial charge is 0.435 e. The minimum atomic E-state index is -4.65. The van der Waals surface area contributed by atoms with E-state index in [2.05, 4.69) is 15.1 Å². The molecular formula is C24H19Cl3F3N5O3S. The molecule has 2 aliphatic heterocycles. The van der Waals surface area contributed by atoms with Gasteiger partial charge in [0, 0.05) is 41.4 Å². The highest BCUT2D eigenvalue weighted by Crippen LogP contribution is 2.40. The first-order valence-corrected chi connectivity index (χ1v) is 13.7. The van der Waals surface area contributed by atoms with Crippen molar-refractivity contribution in [3.05, 3.63) is 66.9 Å². The van der Waals surface area contributed by atoms with Crippen molar-refractivity contribution >= 4 is 57.8 Å². The summed E-state index contributed by atoms with van der Waals surface area (Å²) in [5.41, 5.74) is 0.845. The summed E-state index contributed by atoms with van der Waals surface area (Å²) in [7, 11) is 0. The van der Waals surface area contributed by atoms with Crippen molar-refractivity contribution in [3.8, 4) is 5.88 Å². The lowest BCUT2D eigenvalue weighted by molar-refractivity contribution is -0.141. The van der Waals surface area contributed by atoms with Gasteiger partial charge < -0.3 is 14.5 Å². The van der Waals surface area contributed by atoms with E-state index in [1.54, 1.807) is 17.0 Å². The molecule has 3 aromatic rings. The Bertz CT molecular complexity index is 1390. The molecular weight excluding hydrogens is 602 g/mol. The molecule has 0 saturated carbocycles. The molecule has 1 aromatic carbocycles. The SMILES string of the molecule is O=C(COc1cncc(C(F)(F)F)n1)N1CCC(c2nc(C3=NOC(c4c(Cl)cc(Cl)cc4Cl)C3)cs2)CC1. The van der Waals surface area contributed by atoms with Crippen LogP contribution in [0.1, 0.15) is 53.2 Å². The zero-order valence-corrected chi connectivity index (χ0v) is 23.0. The van der Waals surface area contributed by atoms with Crippen LogP contribution in [-0.2, 0) is 15.8 Å². The van der Waals surface area contributed by atoms with Gasteiger partial charge in [-0.2, -0.15) is 13.2 Å². The Morgan fingerprint density at radius 3 is 2.54 bits per heavy atom. The highest BCUT2D eigenvalue weighted by atomic mass is 35.5. The molecule has 0 radical (unpaired) electrons. The highest BCUT2D eigenvalue weighted by Gasteiger charge is 2.34. The molecule has 4 heterocycles. The van der Waals surface area contributed by atoms with E-state index >= 15 is 0 Å². The molecule has 0 spiro atoms. The number of alkyl halides is 3. The predicted molar refractivity (Wildman–Crippen MR) is 140 cm³/mol. The van der Waals surface area contributed by atoms with Crippen LogP contribution < -0.4 is 4.74 Å². The molecule has 39 heavy (non-hydrogen) atoms. The van der Waals surface area contributed by atoms with Crippen molar-refractivity contribution in [1.82, 2.24) is 19.9 Å². The summed E-state index contributed by atoms with van der Waals surface area (Å²) >= 11 is 20.2. The van der Waals surface area contributed by atoms with Crippen LogP contribution in [0.3, 0.4) is 0 Å². The number of likely N-dealkylation sites (tertiary alicyclic amines) is 1. The first-order valence-electron chi connectivity index (χ1n) is 11.7. The predicted octanol–water partition coefficient (Wildman–Crippen LogP) is 6.56. The van der Waals surface area contributed by atoms with Gasteiger partial charge in [-0.15, -0.1) is 11.3 Å². The minimum Gasteiger partial charge on any atom is -0.466 e. The van der Waals surface area contributed by atoms with Gasteiger partial charge in [0.1, 0.15) is 5.71 Å². The first-order chi connectivity index (χ1) is 18.6. The summed E-state index contributed by atoms with van der Waals surface area (Å²) in [6.45, 7) is 0.510. The Kier molecular flexibility index (Phi) is 8.18. The summed E-state index contributed by atoms with van der Waals surface area (Å²) < 4.78 is 43.5. The lowest BCUT2D eigenvalue weighted by Gasteiger charge is -2.31. The molecule has 1 saturated heterocycles. The number of aromatic nitrogens is 3. The summed E-state index contributed by atoms with van der Waals surface area (Å²) in [5.74, 6) is -0.539. The van der Waals surface area contributed by atoms with Gasteiger partial charge >= 0.3 is 6.18 Å². The fraction of sp³-hybridized carbons (Fsp3) is 0.375. The molecule has 0 N–H and O–H groups in total. The van der Waals surface area contributed by atoms with Crippen molar-refractivity contribution in [1.29, 1.82) is 0 Å². The molecule has 206 valence electrons. The van der Waals surface area contributed by atoms with Gasteiger partial charge in [-0.25, -0.2) is 9.97 Å². The summed E-state index contributed by atoms with van der Waals surface area (Å²) in [5, 5.41) is 8.30. The minimum absolute atomic E-state index is 0.155. The van der Waals surface area contributed by atoms with Gasteiger partial charge in [-0.3, -0.25) is 9.78 Å². The number of rotatable bonds is 6. The molecule has 0 bridgehead atoms. The number of benzene rings is 1. The van der Waals surface area contributed by atoms with E-state index in [0.29, 0.717) is 70.6 Å². The number of amides is 1. The number of nitrogens with zero attached hydrogens (tertiary/aromatic N) is 5. The van der Waals surface area contributed by atoms with Gasteiger partial charge in [0.05, 0.1) is 33.1 Å². The van der Waals surface area contributed by atoms with Crippen molar-refractivity contribution in [2.75, 3.05) is 19.7 Å². The number of carbonyl (C=O) groups is 1. The van der Waals surface area contributed by atoms with Crippen molar-refractivity contribution in [2.24, 2.45) is 5.16 Å². The van der Waals surface area contributed by atoms with Gasteiger partial charge in [0.25, 0.3) is 5.91 Å². The fourth-order valence-corrected chi connectivity index (χ4v) is 6.37. The van der Waals surface area contributed by atoms with Crippen molar-refractivity contribution in [3.63, 3.8) is 0 Å². The van der Waals surface area contributed by atoms with Gasteiger partial charge in [0.2, 0.25) is 5.88 Å². The maximum Gasteiger partial charge on any atom is 0.435 e. The standard InChI is InChI=1S/C24H19Cl3F3N5O3S/c25-13-5-14(26)22(15(27)6-13)18-7-16(34-38-18)17-11-39-23(32-17)12-1-3-35(4-2-12)21(36)10-37-20-9-31-8-19(33-20)24(28,29)30/h5-6,8-9,11-12,18H,1-4,7,10H2. The number of hydrogen-bond donors (Lipinski definition) is 0. The van der Waals surface area contributed by atoms with Gasteiger partial charge in [0.15, 0.2) is 18.4 Å². The number of hydrogen-bond acceptors (Lipinski definition) is 8. The number of thiazole rings is 1. The highest BCUT2D eigenvalue weighted by molar-refractivity contribution is 7.10. The second-order valence-corrected chi connectivity index (χ2v) is 11.0. The molecule has 8 nitrogen and oxygen atoms in total. The van der Waals surface area contributed by atoms with Crippen LogP contribution in [0.4, 0.5) is 13.2 Å². The van der Waals surface area contributed by atoms with Crippen LogP contribution in [-0.4, -0.2) is 51.2 Å². The molecule has 0 aliphatic carbocycles. The van der Waals surface area contributed by atoms with Crippen molar-refractivity contribution < 1.29 is 27.5 Å². The molecule has 2 aliphatic rings. The van der Waals surface area contributed by atoms with Crippen LogP contribution in [0.25, 0.3) is 0 Å². The number of piperidine rings is 1. The number of carbonyl (C=O) groups excluding carboxylic acids is 1. The largest absolute Gasteiger partial charge is 0.466 e. The summed E-state index contributed by atoms with van der Waals surface area (Å²) in [6.07, 6.45) is -1.64. The molecule has 5 rings (SSSR count). The zero-order chi connectivity index (χ0) is 27.7. The Morgan fingerprint density at radius 2 is 1.85 bits per heavy atom. The zero-order valence-electron chi connectivity index (χ0n) is 19.9. The molecule has 1 unspecified atom stereocenters. The first kappa shape index (κ1) is 27.9. The molecule has 1 atom stereocenters. The molecule has 15 heteroatoms. The topological polar surface area (TPSA) is 89.8 Å². The Morgan fingerprint density at radius 1 is 1.13 bits per heavy atom. The van der Waals surface area contributed by atoms with Crippen LogP contribution in [0.15, 0.2) is 35.1 Å². The third-order valence-corrected chi connectivity index (χ3v) is 8.15. The lowest BCUT2D eigenvalue weighted by Crippen LogP contribution is -2.40. The third-order valence-electron chi connectivity index (χ3n) is 6.30. The molecule has 1 fully saturated rings. The number of halogens is 6. The monoisotopic (exact) mass is 619 g/mol. The third kappa shape index (κ3) is 6.40. The normalized spacial score (nSPS) is 18.2. The second-order valence-electron chi connectivity index (χ2n) is 8.87. The van der Waals surface area contributed by atoms with Crippen molar-refractivity contribution in [2.45, 2.75) is 37.5 Å². The van der Waals surface area contributed by atoms with E-state index < -0.39 is 24.6 Å². The maximum atomic E-state index is 12.8. The lowest BCUT2D eigenvalue weighted by atomic mass is 9.97. The number of ether oxygens (including phenoxy) is 1. The summed E-state index contributed by atoms with van der Waals surface area (Å²) in [6, 6.07) is 3.21. The Hall–Kier alpha value is -2.67. The van der Waals surface area contributed by atoms with Gasteiger partial charge in [-0.1, -0.05) is 40.0 Å². The van der Waals surface area contributed by atoms with Crippen LogP contribution in [0.2, 0.25) is 15.1 Å². The van der Waals surface area contributed by atoms with Gasteiger partial charge in [-0.05, 0) is 25.0 Å². The van der Waals surface area contributed by atoms with E-state index in [4.69, 9.17) is 49.4 Å². The van der Waals surface area contributed by atoms with E-state index in [1.807, 2.05) is 5.38 Å². The molecule has 1 amide bonds. The van der Waals surface area contributed by atoms with E-state index in [0.717, 1.165) is 11.2 Å². The average Bonchev–Trinajstić information content (AvgIpc) is 3.57. The average molecular weight is 621 g/mol. The Labute approximate surface area is 239 Å². The van der Waals surface area contributed by atoms with E-state index in [9.17, 15) is 18.0 Å². The second kappa shape index (κ2) is 11.4. The van der Waals surface area contributed by atoms with E-state index in [-0.39, 0.29) is 17.7 Å². The van der Waals surface area contributed by atoms with Crippen LogP contribution >= 0.6 is 46.1 Å². The Balaban J connectivity index is 1.13.